The van der Waals surface area contributed by atoms with Gasteiger partial charge in [0.15, 0.2) is 0 Å². The number of esters is 1. The predicted octanol–water partition coefficient (Wildman–Crippen LogP) is 3.74. The number of nitrogens with zero attached hydrogens (tertiary/aromatic N) is 1. The molecular formula is C22H21N3O4. The molecule has 0 unspecified atom stereocenters. The number of nitrogens with one attached hydrogen (secondary N) is 2. The quantitative estimate of drug-likeness (QED) is 0.597. The number of methoxy groups -OCH3 is 2. The second-order valence-electron chi connectivity index (χ2n) is 6.16. The third-order valence-electron chi connectivity index (χ3n) is 4.19. The van der Waals surface area contributed by atoms with Crippen molar-refractivity contribution < 1.29 is 19.1 Å². The number of rotatable bonds is 7. The highest BCUT2D eigenvalue weighted by Gasteiger charge is 2.10. The van der Waals surface area contributed by atoms with Gasteiger partial charge in [-0.05, 0) is 48.0 Å². The van der Waals surface area contributed by atoms with E-state index in [2.05, 4.69) is 20.4 Å². The van der Waals surface area contributed by atoms with E-state index in [1.807, 2.05) is 24.3 Å². The van der Waals surface area contributed by atoms with Crippen LogP contribution < -0.4 is 15.4 Å². The van der Waals surface area contributed by atoms with Crippen LogP contribution in [0.2, 0.25) is 0 Å². The Balaban J connectivity index is 1.59. The van der Waals surface area contributed by atoms with Crippen molar-refractivity contribution in [3.05, 3.63) is 83.7 Å². The molecule has 3 rings (SSSR count). The zero-order valence-electron chi connectivity index (χ0n) is 16.1. The molecule has 0 aliphatic heterocycles. The first-order chi connectivity index (χ1) is 14.1. The second-order valence-corrected chi connectivity index (χ2v) is 6.16. The summed E-state index contributed by atoms with van der Waals surface area (Å²) >= 11 is 0. The van der Waals surface area contributed by atoms with Gasteiger partial charge in [-0.2, -0.15) is 0 Å². The Morgan fingerprint density at radius 1 is 0.966 bits per heavy atom. The number of hydrogen-bond donors (Lipinski definition) is 2. The summed E-state index contributed by atoms with van der Waals surface area (Å²) in [7, 11) is 2.94. The summed E-state index contributed by atoms with van der Waals surface area (Å²) in [6.07, 6.45) is 1.60. The summed E-state index contributed by atoms with van der Waals surface area (Å²) in [4.78, 5) is 28.2. The zero-order valence-corrected chi connectivity index (χ0v) is 16.1. The van der Waals surface area contributed by atoms with Crippen molar-refractivity contribution in [2.24, 2.45) is 0 Å². The molecule has 0 aliphatic carbocycles. The van der Waals surface area contributed by atoms with Crippen LogP contribution in [-0.4, -0.2) is 31.1 Å². The lowest BCUT2D eigenvalue weighted by atomic mass is 10.2. The maximum Gasteiger partial charge on any atom is 0.337 e. The van der Waals surface area contributed by atoms with Gasteiger partial charge in [0.05, 0.1) is 31.7 Å². The molecule has 1 heterocycles. The molecule has 0 saturated heterocycles. The van der Waals surface area contributed by atoms with Gasteiger partial charge >= 0.3 is 5.97 Å². The standard InChI is InChI=1S/C22H21N3O4/c1-28-19-9-6-15(7-10-19)13-23-18-8-11-20(24-14-18)21(26)25-17-5-3-4-16(12-17)22(27)29-2/h3-12,14,23H,13H2,1-2H3,(H,25,26). The van der Waals surface area contributed by atoms with Crippen molar-refractivity contribution >= 4 is 23.3 Å². The van der Waals surface area contributed by atoms with E-state index >= 15 is 0 Å². The van der Waals surface area contributed by atoms with Crippen molar-refractivity contribution in [1.29, 1.82) is 0 Å². The molecule has 0 spiro atoms. The van der Waals surface area contributed by atoms with Gasteiger partial charge in [0.25, 0.3) is 5.91 Å². The first-order valence-electron chi connectivity index (χ1n) is 8.91. The lowest BCUT2D eigenvalue weighted by Gasteiger charge is -2.09. The Hall–Kier alpha value is -3.87. The number of amides is 1. The van der Waals surface area contributed by atoms with Crippen LogP contribution >= 0.6 is 0 Å². The molecule has 2 aromatic carbocycles. The molecule has 7 nitrogen and oxygen atoms in total. The Morgan fingerprint density at radius 2 is 1.76 bits per heavy atom. The molecule has 2 N–H and O–H groups in total. The molecule has 1 aromatic heterocycles. The Bertz CT molecular complexity index is 986. The number of carbonyl (C=O) groups is 2. The molecule has 3 aromatic rings. The molecule has 0 aliphatic rings. The third-order valence-corrected chi connectivity index (χ3v) is 4.19. The fourth-order valence-corrected chi connectivity index (χ4v) is 2.62. The van der Waals surface area contributed by atoms with Crippen LogP contribution in [0.25, 0.3) is 0 Å². The molecule has 0 bridgehead atoms. The van der Waals surface area contributed by atoms with E-state index < -0.39 is 5.97 Å². The highest BCUT2D eigenvalue weighted by atomic mass is 16.5. The summed E-state index contributed by atoms with van der Waals surface area (Å²) in [5, 5.41) is 5.98. The Labute approximate surface area is 168 Å². The molecule has 0 atom stereocenters. The summed E-state index contributed by atoms with van der Waals surface area (Å²) in [6.45, 7) is 0.623. The third kappa shape index (κ3) is 5.32. The highest BCUT2D eigenvalue weighted by molar-refractivity contribution is 6.03. The maximum absolute atomic E-state index is 12.4. The fraction of sp³-hybridized carbons (Fsp3) is 0.136. The van der Waals surface area contributed by atoms with Gasteiger partial charge in [0.2, 0.25) is 0 Å². The van der Waals surface area contributed by atoms with E-state index in [1.54, 1.807) is 49.7 Å². The minimum atomic E-state index is -0.466. The fourth-order valence-electron chi connectivity index (χ4n) is 2.62. The highest BCUT2D eigenvalue weighted by Crippen LogP contribution is 2.15. The summed E-state index contributed by atoms with van der Waals surface area (Å²) in [5.41, 5.74) is 3.00. The van der Waals surface area contributed by atoms with E-state index in [9.17, 15) is 9.59 Å². The van der Waals surface area contributed by atoms with Gasteiger partial charge in [0, 0.05) is 12.2 Å². The van der Waals surface area contributed by atoms with Gasteiger partial charge in [0.1, 0.15) is 11.4 Å². The molecule has 29 heavy (non-hydrogen) atoms. The van der Waals surface area contributed by atoms with E-state index in [4.69, 9.17) is 4.74 Å². The van der Waals surface area contributed by atoms with Crippen LogP contribution in [-0.2, 0) is 11.3 Å². The van der Waals surface area contributed by atoms with Crippen LogP contribution in [0.15, 0.2) is 66.9 Å². The average molecular weight is 391 g/mol. The lowest BCUT2D eigenvalue weighted by molar-refractivity contribution is 0.0600. The van der Waals surface area contributed by atoms with Crippen LogP contribution in [0.3, 0.4) is 0 Å². The number of hydrogen-bond acceptors (Lipinski definition) is 6. The minimum Gasteiger partial charge on any atom is -0.497 e. The smallest absolute Gasteiger partial charge is 0.337 e. The lowest BCUT2D eigenvalue weighted by Crippen LogP contribution is -2.14. The second kappa shape index (κ2) is 9.36. The number of anilines is 2. The van der Waals surface area contributed by atoms with Crippen molar-refractivity contribution in [1.82, 2.24) is 4.98 Å². The molecule has 0 radical (unpaired) electrons. The first kappa shape index (κ1) is 19.9. The number of aromatic nitrogens is 1. The van der Waals surface area contributed by atoms with E-state index in [0.717, 1.165) is 17.0 Å². The molecule has 0 saturated carbocycles. The van der Waals surface area contributed by atoms with E-state index in [1.165, 1.54) is 7.11 Å². The zero-order chi connectivity index (χ0) is 20.6. The van der Waals surface area contributed by atoms with Crippen LogP contribution in [0.4, 0.5) is 11.4 Å². The van der Waals surface area contributed by atoms with Gasteiger partial charge in [-0.15, -0.1) is 0 Å². The number of ether oxygens (including phenoxy) is 2. The van der Waals surface area contributed by atoms with Gasteiger partial charge in [-0.3, -0.25) is 4.79 Å². The number of carbonyl (C=O) groups excluding carboxylic acids is 2. The van der Waals surface area contributed by atoms with Gasteiger partial charge in [-0.25, -0.2) is 9.78 Å². The minimum absolute atomic E-state index is 0.267. The van der Waals surface area contributed by atoms with Crippen molar-refractivity contribution in [3.8, 4) is 5.75 Å². The Kier molecular flexibility index (Phi) is 6.42. The topological polar surface area (TPSA) is 89.5 Å². The normalized spacial score (nSPS) is 10.1. The number of pyridine rings is 1. The average Bonchev–Trinajstić information content (AvgIpc) is 2.78. The summed E-state index contributed by atoms with van der Waals surface area (Å²) in [5.74, 6) is -0.0249. The van der Waals surface area contributed by atoms with Crippen LogP contribution in [0, 0.1) is 0 Å². The monoisotopic (exact) mass is 391 g/mol. The van der Waals surface area contributed by atoms with Crippen LogP contribution in [0.5, 0.6) is 5.75 Å². The predicted molar refractivity (Wildman–Crippen MR) is 110 cm³/mol. The maximum atomic E-state index is 12.4. The Morgan fingerprint density at radius 3 is 2.41 bits per heavy atom. The molecular weight excluding hydrogens is 370 g/mol. The first-order valence-corrected chi connectivity index (χ1v) is 8.91. The van der Waals surface area contributed by atoms with Crippen molar-refractivity contribution in [2.75, 3.05) is 24.9 Å². The van der Waals surface area contributed by atoms with E-state index in [-0.39, 0.29) is 11.6 Å². The number of benzene rings is 2. The molecule has 7 heteroatoms. The molecule has 0 fully saturated rings. The molecule has 1 amide bonds. The summed E-state index contributed by atoms with van der Waals surface area (Å²) < 4.78 is 9.83. The largest absolute Gasteiger partial charge is 0.497 e. The van der Waals surface area contributed by atoms with Crippen molar-refractivity contribution in [2.45, 2.75) is 6.54 Å². The molecule has 148 valence electrons. The van der Waals surface area contributed by atoms with Crippen molar-refractivity contribution in [3.63, 3.8) is 0 Å². The van der Waals surface area contributed by atoms with Crippen LogP contribution in [0.1, 0.15) is 26.4 Å². The SMILES string of the molecule is COC(=O)c1cccc(NC(=O)c2ccc(NCc3ccc(OC)cc3)cn2)c1. The van der Waals surface area contributed by atoms with Gasteiger partial charge in [-0.1, -0.05) is 18.2 Å². The van der Waals surface area contributed by atoms with Gasteiger partial charge < -0.3 is 20.1 Å². The summed E-state index contributed by atoms with van der Waals surface area (Å²) in [6, 6.07) is 17.7. The van der Waals surface area contributed by atoms with E-state index in [0.29, 0.717) is 17.8 Å².